The fourth-order valence-corrected chi connectivity index (χ4v) is 6.72. The normalized spacial score (nSPS) is 11.1. The van der Waals surface area contributed by atoms with Gasteiger partial charge in [0.05, 0.1) is 57.4 Å². The number of nitrogens with zero attached hydrogens (tertiary/aromatic N) is 6. The van der Waals surface area contributed by atoms with Gasteiger partial charge in [0.25, 0.3) is 0 Å². The number of para-hydroxylation sites is 1. The van der Waals surface area contributed by atoms with Crippen molar-refractivity contribution in [3.63, 3.8) is 0 Å². The highest BCUT2D eigenvalue weighted by Gasteiger charge is 2.29. The summed E-state index contributed by atoms with van der Waals surface area (Å²) in [6.45, 7) is 9.23. The van der Waals surface area contributed by atoms with Crippen molar-refractivity contribution in [2.75, 3.05) is 0 Å². The highest BCUT2D eigenvalue weighted by Crippen LogP contribution is 2.44. The summed E-state index contributed by atoms with van der Waals surface area (Å²) in [5.41, 5.74) is 3.53. The molecule has 0 radical (unpaired) electrons. The summed E-state index contributed by atoms with van der Waals surface area (Å²) in [4.78, 5) is 18.8. The Kier molecular flexibility index (Phi) is 7.83. The SMILES string of the molecule is [C-]#[N+]c1ccc(-c2nc3cc(C)c4c(-c5ccccc5-c5c(F)c(F)c(C#N)c(F)c5F)nc5ccccc5c4c3nc2-c2ccc(C#N)cc2)cc1. The van der Waals surface area contributed by atoms with Crippen LogP contribution in [0.3, 0.4) is 0 Å². The lowest BCUT2D eigenvalue weighted by molar-refractivity contribution is 0.454. The summed E-state index contributed by atoms with van der Waals surface area (Å²) in [7, 11) is 0. The molecule has 0 atom stereocenters. The molecule has 0 aliphatic rings. The highest BCUT2D eigenvalue weighted by molar-refractivity contribution is 6.22. The number of aryl methyl sites for hydroxylation is 1. The first-order valence-corrected chi connectivity index (χ1v) is 16.1. The molecule has 0 fully saturated rings. The Morgan fingerprint density at radius 1 is 0.604 bits per heavy atom. The van der Waals surface area contributed by atoms with Crippen LogP contribution in [0.25, 0.3) is 82.5 Å². The van der Waals surface area contributed by atoms with Crippen LogP contribution >= 0.6 is 0 Å². The van der Waals surface area contributed by atoms with Gasteiger partial charge < -0.3 is 0 Å². The van der Waals surface area contributed by atoms with Crippen molar-refractivity contribution >= 4 is 38.4 Å². The minimum atomic E-state index is -1.79. The number of pyridine rings is 1. The lowest BCUT2D eigenvalue weighted by Gasteiger charge is -2.18. The van der Waals surface area contributed by atoms with Crippen molar-refractivity contribution in [2.24, 2.45) is 0 Å². The van der Waals surface area contributed by atoms with Crippen LogP contribution in [0.4, 0.5) is 23.2 Å². The monoisotopic (exact) mass is 696 g/mol. The highest BCUT2D eigenvalue weighted by atomic mass is 19.2. The first-order valence-electron chi connectivity index (χ1n) is 16.1. The molecule has 53 heavy (non-hydrogen) atoms. The van der Waals surface area contributed by atoms with Crippen LogP contribution < -0.4 is 0 Å². The summed E-state index contributed by atoms with van der Waals surface area (Å²) in [6, 6.07) is 32.4. The van der Waals surface area contributed by atoms with Gasteiger partial charge in [0, 0.05) is 27.3 Å². The van der Waals surface area contributed by atoms with Gasteiger partial charge in [0.1, 0.15) is 11.6 Å². The molecule has 10 heteroatoms. The Hall–Kier alpha value is -7.48. The van der Waals surface area contributed by atoms with Gasteiger partial charge in [-0.3, -0.25) is 0 Å². The lowest BCUT2D eigenvalue weighted by atomic mass is 9.90. The minimum absolute atomic E-state index is 0.170. The Bertz CT molecular complexity index is 2950. The molecule has 0 aliphatic carbocycles. The number of hydrogen-bond donors (Lipinski definition) is 0. The topological polar surface area (TPSA) is 90.6 Å². The maximum absolute atomic E-state index is 15.6. The number of rotatable bonds is 4. The number of nitriles is 2. The zero-order chi connectivity index (χ0) is 37.0. The van der Waals surface area contributed by atoms with E-state index in [2.05, 4.69) is 10.9 Å². The van der Waals surface area contributed by atoms with Crippen LogP contribution in [0.5, 0.6) is 0 Å². The van der Waals surface area contributed by atoms with E-state index in [0.717, 1.165) is 0 Å². The van der Waals surface area contributed by atoms with E-state index >= 15 is 8.78 Å². The molecule has 0 spiro atoms. The van der Waals surface area contributed by atoms with Crippen molar-refractivity contribution in [1.29, 1.82) is 10.5 Å². The number of aromatic nitrogens is 3. The van der Waals surface area contributed by atoms with E-state index < -0.39 is 34.4 Å². The Morgan fingerprint density at radius 3 is 1.83 bits per heavy atom. The summed E-state index contributed by atoms with van der Waals surface area (Å²) in [5, 5.41) is 20.6. The van der Waals surface area contributed by atoms with Gasteiger partial charge in [-0.15, -0.1) is 0 Å². The molecule has 0 unspecified atom stereocenters. The van der Waals surface area contributed by atoms with Crippen LogP contribution in [-0.2, 0) is 0 Å². The zero-order valence-electron chi connectivity index (χ0n) is 27.5. The molecule has 6 nitrogen and oxygen atoms in total. The van der Waals surface area contributed by atoms with Gasteiger partial charge in [-0.2, -0.15) is 10.5 Å². The lowest BCUT2D eigenvalue weighted by Crippen LogP contribution is -2.05. The second kappa shape index (κ2) is 12.7. The molecule has 2 aromatic heterocycles. The fraction of sp³-hybridized carbons (Fsp3) is 0.0233. The Balaban J connectivity index is 1.50. The van der Waals surface area contributed by atoms with Crippen molar-refractivity contribution < 1.29 is 17.6 Å². The van der Waals surface area contributed by atoms with E-state index in [9.17, 15) is 19.3 Å². The molecular weight excluding hydrogens is 677 g/mol. The molecule has 0 aliphatic heterocycles. The number of hydrogen-bond acceptors (Lipinski definition) is 5. The third-order valence-electron chi connectivity index (χ3n) is 9.18. The van der Waals surface area contributed by atoms with Gasteiger partial charge in [-0.25, -0.2) is 37.4 Å². The maximum atomic E-state index is 15.6. The Morgan fingerprint density at radius 2 is 1.19 bits per heavy atom. The zero-order valence-corrected chi connectivity index (χ0v) is 27.5. The molecular formula is C43H20F4N6. The van der Waals surface area contributed by atoms with E-state index in [1.54, 1.807) is 72.8 Å². The minimum Gasteiger partial charge on any atom is -0.247 e. The van der Waals surface area contributed by atoms with Gasteiger partial charge in [0.15, 0.2) is 29.0 Å². The van der Waals surface area contributed by atoms with Gasteiger partial charge >= 0.3 is 0 Å². The molecule has 0 bridgehead atoms. The molecule has 0 N–H and O–H groups in total. The first kappa shape index (κ1) is 32.7. The molecule has 8 rings (SSSR count). The van der Waals surface area contributed by atoms with Crippen LogP contribution in [-0.4, -0.2) is 15.0 Å². The van der Waals surface area contributed by atoms with E-state index in [0.29, 0.717) is 72.0 Å². The predicted molar refractivity (Wildman–Crippen MR) is 194 cm³/mol. The van der Waals surface area contributed by atoms with Gasteiger partial charge in [0.2, 0.25) is 0 Å². The average Bonchev–Trinajstić information content (AvgIpc) is 3.20. The van der Waals surface area contributed by atoms with Crippen LogP contribution in [0.15, 0.2) is 103 Å². The number of halogens is 4. The summed E-state index contributed by atoms with van der Waals surface area (Å²) >= 11 is 0. The standard InChI is InChI=1S/C43H20F4N6/c1-22-19-32-43(53-41(24-13-11-23(20-48)12-14-24)40(52-32)25-15-17-26(50-2)18-16-25)34-29-9-5-6-10-31(29)51-42(33(22)34)28-8-4-3-7-27(28)35-38(46)36(44)30(21-49)37(45)39(35)47/h3-19H,1H3. The summed E-state index contributed by atoms with van der Waals surface area (Å²) in [6.07, 6.45) is 0. The van der Waals surface area contributed by atoms with Crippen molar-refractivity contribution in [1.82, 2.24) is 15.0 Å². The number of benzene rings is 6. The second-order valence-corrected chi connectivity index (χ2v) is 12.2. The van der Waals surface area contributed by atoms with Crippen LogP contribution in [0, 0.1) is 59.4 Å². The summed E-state index contributed by atoms with van der Waals surface area (Å²) < 4.78 is 61.1. The quantitative estimate of drug-likeness (QED) is 0.0790. The van der Waals surface area contributed by atoms with Crippen molar-refractivity contribution in [3.8, 4) is 57.0 Å². The van der Waals surface area contributed by atoms with Crippen LogP contribution in [0.1, 0.15) is 16.7 Å². The first-order chi connectivity index (χ1) is 25.7. The molecule has 2 heterocycles. The molecule has 0 amide bonds. The van der Waals surface area contributed by atoms with Gasteiger partial charge in [-0.05, 0) is 47.9 Å². The van der Waals surface area contributed by atoms with Crippen molar-refractivity contribution in [2.45, 2.75) is 6.92 Å². The Labute approximate surface area is 299 Å². The smallest absolute Gasteiger partial charge is 0.187 e. The third kappa shape index (κ3) is 5.19. The number of fused-ring (bicyclic) bond motifs is 5. The maximum Gasteiger partial charge on any atom is 0.187 e. The van der Waals surface area contributed by atoms with E-state index in [1.807, 2.05) is 25.1 Å². The van der Waals surface area contributed by atoms with Crippen LogP contribution in [0.2, 0.25) is 0 Å². The predicted octanol–water partition coefficient (Wildman–Crippen LogP) is 11.2. The van der Waals surface area contributed by atoms with E-state index in [1.165, 1.54) is 18.2 Å². The van der Waals surface area contributed by atoms with E-state index in [4.69, 9.17) is 21.5 Å². The average molecular weight is 697 g/mol. The molecule has 250 valence electrons. The fourth-order valence-electron chi connectivity index (χ4n) is 6.72. The largest absolute Gasteiger partial charge is 0.247 e. The molecule has 0 saturated carbocycles. The third-order valence-corrected chi connectivity index (χ3v) is 9.18. The van der Waals surface area contributed by atoms with Gasteiger partial charge in [-0.1, -0.05) is 78.9 Å². The summed E-state index contributed by atoms with van der Waals surface area (Å²) in [5.74, 6) is -6.98. The van der Waals surface area contributed by atoms with Crippen molar-refractivity contribution in [3.05, 3.63) is 155 Å². The molecule has 6 aromatic carbocycles. The molecule has 8 aromatic rings. The second-order valence-electron chi connectivity index (χ2n) is 12.2. The van der Waals surface area contributed by atoms with E-state index in [-0.39, 0.29) is 16.8 Å². The molecule has 0 saturated heterocycles.